The molecule has 0 amide bonds. The zero-order valence-corrected chi connectivity index (χ0v) is 14.9. The van der Waals surface area contributed by atoms with E-state index in [2.05, 4.69) is 9.97 Å². The van der Waals surface area contributed by atoms with Gasteiger partial charge in [-0.3, -0.25) is 0 Å². The van der Waals surface area contributed by atoms with Crippen molar-refractivity contribution in [2.24, 2.45) is 0 Å². The lowest BCUT2D eigenvalue weighted by molar-refractivity contribution is 0.0462. The minimum Gasteiger partial charge on any atom is -0.496 e. The molecule has 0 spiro atoms. The second kappa shape index (κ2) is 8.66. The number of hydrogen-bond donors (Lipinski definition) is 0. The molecule has 7 heteroatoms. The van der Waals surface area contributed by atoms with Gasteiger partial charge in [-0.2, -0.15) is 4.98 Å². The van der Waals surface area contributed by atoms with E-state index in [1.807, 2.05) is 30.3 Å². The summed E-state index contributed by atoms with van der Waals surface area (Å²) in [5, 5.41) is 0. The van der Waals surface area contributed by atoms with Gasteiger partial charge in [-0.05, 0) is 17.7 Å². The van der Waals surface area contributed by atoms with Crippen molar-refractivity contribution in [1.82, 2.24) is 9.97 Å². The van der Waals surface area contributed by atoms with Gasteiger partial charge < -0.3 is 18.9 Å². The van der Waals surface area contributed by atoms with E-state index in [1.165, 1.54) is 20.4 Å². The molecule has 0 aliphatic rings. The van der Waals surface area contributed by atoms with Crippen molar-refractivity contribution in [2.75, 3.05) is 14.2 Å². The van der Waals surface area contributed by atoms with Crippen LogP contribution in [0.25, 0.3) is 0 Å². The third-order valence-corrected chi connectivity index (χ3v) is 3.59. The molecule has 0 bridgehead atoms. The molecule has 3 rings (SSSR count). The Morgan fingerprint density at radius 1 is 0.963 bits per heavy atom. The molecule has 0 aliphatic carbocycles. The monoisotopic (exact) mass is 366 g/mol. The highest BCUT2D eigenvalue weighted by Crippen LogP contribution is 2.28. The number of ether oxygens (including phenoxy) is 4. The molecule has 0 saturated carbocycles. The summed E-state index contributed by atoms with van der Waals surface area (Å²) < 4.78 is 21.4. The summed E-state index contributed by atoms with van der Waals surface area (Å²) in [6.45, 7) is 0.140. The van der Waals surface area contributed by atoms with Gasteiger partial charge >= 0.3 is 5.97 Å². The predicted molar refractivity (Wildman–Crippen MR) is 97.2 cm³/mol. The Morgan fingerprint density at radius 3 is 2.48 bits per heavy atom. The smallest absolute Gasteiger partial charge is 0.361 e. The maximum absolute atomic E-state index is 12.4. The fourth-order valence-corrected chi connectivity index (χ4v) is 2.26. The molecule has 0 N–H and O–H groups in total. The molecule has 27 heavy (non-hydrogen) atoms. The van der Waals surface area contributed by atoms with E-state index < -0.39 is 5.97 Å². The van der Waals surface area contributed by atoms with Gasteiger partial charge in [-0.25, -0.2) is 9.78 Å². The third-order valence-electron chi connectivity index (χ3n) is 3.59. The molecule has 7 nitrogen and oxygen atoms in total. The van der Waals surface area contributed by atoms with Gasteiger partial charge in [0.15, 0.2) is 11.4 Å². The highest BCUT2D eigenvalue weighted by Gasteiger charge is 2.17. The summed E-state index contributed by atoms with van der Waals surface area (Å²) in [4.78, 5) is 20.7. The van der Waals surface area contributed by atoms with Gasteiger partial charge in [0, 0.05) is 18.3 Å². The van der Waals surface area contributed by atoms with Crippen LogP contribution in [0.2, 0.25) is 0 Å². The van der Waals surface area contributed by atoms with Crippen LogP contribution < -0.4 is 14.2 Å². The maximum atomic E-state index is 12.4. The Kier molecular flexibility index (Phi) is 5.84. The van der Waals surface area contributed by atoms with Gasteiger partial charge in [0.1, 0.15) is 12.4 Å². The number of hydrogen-bond acceptors (Lipinski definition) is 7. The van der Waals surface area contributed by atoms with E-state index >= 15 is 0 Å². The van der Waals surface area contributed by atoms with Crippen LogP contribution >= 0.6 is 0 Å². The minimum atomic E-state index is -0.593. The fourth-order valence-electron chi connectivity index (χ4n) is 2.26. The lowest BCUT2D eigenvalue weighted by atomic mass is 10.2. The molecular weight excluding hydrogens is 348 g/mol. The lowest BCUT2D eigenvalue weighted by Crippen LogP contribution is -2.09. The maximum Gasteiger partial charge on any atom is 0.361 e. The van der Waals surface area contributed by atoms with Crippen LogP contribution in [0.1, 0.15) is 16.1 Å². The molecule has 0 radical (unpaired) electrons. The molecule has 3 aromatic rings. The first-order valence-corrected chi connectivity index (χ1v) is 8.13. The van der Waals surface area contributed by atoms with E-state index in [-0.39, 0.29) is 23.9 Å². The number of methoxy groups -OCH3 is 2. The van der Waals surface area contributed by atoms with Crippen LogP contribution in [0.3, 0.4) is 0 Å². The summed E-state index contributed by atoms with van der Waals surface area (Å²) in [7, 11) is 3.01. The number of aromatic nitrogens is 2. The number of rotatable bonds is 7. The summed E-state index contributed by atoms with van der Waals surface area (Å²) in [5.41, 5.74) is 0.931. The van der Waals surface area contributed by atoms with E-state index in [0.29, 0.717) is 11.6 Å². The lowest BCUT2D eigenvalue weighted by Gasteiger charge is -2.11. The van der Waals surface area contributed by atoms with Gasteiger partial charge in [-0.15, -0.1) is 0 Å². The van der Waals surface area contributed by atoms with Gasteiger partial charge in [-0.1, -0.05) is 30.3 Å². The molecule has 0 fully saturated rings. The van der Waals surface area contributed by atoms with Crippen LogP contribution in [0.4, 0.5) is 0 Å². The van der Waals surface area contributed by atoms with Crippen LogP contribution in [0.5, 0.6) is 23.3 Å². The largest absolute Gasteiger partial charge is 0.496 e. The summed E-state index contributed by atoms with van der Waals surface area (Å²) in [6.07, 6.45) is 1.49. The molecule has 2 aromatic heterocycles. The number of pyridine rings is 2. The first kappa shape index (κ1) is 18.2. The number of carbonyl (C=O) groups excluding carboxylic acids is 1. The molecule has 2 heterocycles. The predicted octanol–water partition coefficient (Wildman–Crippen LogP) is 3.64. The van der Waals surface area contributed by atoms with Crippen LogP contribution in [0, 0.1) is 0 Å². The van der Waals surface area contributed by atoms with Crippen LogP contribution in [-0.4, -0.2) is 30.2 Å². The Morgan fingerprint density at radius 2 is 1.74 bits per heavy atom. The molecule has 138 valence electrons. The van der Waals surface area contributed by atoms with Crippen molar-refractivity contribution in [3.8, 4) is 23.3 Å². The van der Waals surface area contributed by atoms with Crippen LogP contribution in [0.15, 0.2) is 60.8 Å². The quantitative estimate of drug-likeness (QED) is 0.591. The van der Waals surface area contributed by atoms with Crippen molar-refractivity contribution in [1.29, 1.82) is 0 Å². The first-order valence-electron chi connectivity index (χ1n) is 8.13. The Hall–Kier alpha value is -3.61. The second-order valence-corrected chi connectivity index (χ2v) is 5.40. The summed E-state index contributed by atoms with van der Waals surface area (Å²) in [6, 6.07) is 15.8. The van der Waals surface area contributed by atoms with Crippen molar-refractivity contribution in [3.63, 3.8) is 0 Å². The molecule has 0 aliphatic heterocycles. The topological polar surface area (TPSA) is 79.8 Å². The third kappa shape index (κ3) is 4.72. The Bertz CT molecular complexity index is 893. The average Bonchev–Trinajstić information content (AvgIpc) is 2.72. The normalized spacial score (nSPS) is 10.1. The molecule has 0 saturated heterocycles. The molecule has 0 unspecified atom stereocenters. The van der Waals surface area contributed by atoms with E-state index in [0.717, 1.165) is 5.56 Å². The Balaban J connectivity index is 1.78. The number of nitrogens with zero attached hydrogens (tertiary/aromatic N) is 2. The van der Waals surface area contributed by atoms with Crippen molar-refractivity contribution >= 4 is 5.97 Å². The number of esters is 1. The van der Waals surface area contributed by atoms with Gasteiger partial charge in [0.25, 0.3) is 0 Å². The standard InChI is InChI=1S/C20H18N2O5/c1-24-15-11-17(25-2)22-18(12-15)27-16-9-6-10-21-19(16)20(23)26-13-14-7-4-3-5-8-14/h3-12H,13H2,1-2H3. The zero-order valence-electron chi connectivity index (χ0n) is 14.9. The van der Waals surface area contributed by atoms with E-state index in [1.54, 1.807) is 24.3 Å². The summed E-state index contributed by atoms with van der Waals surface area (Å²) >= 11 is 0. The van der Waals surface area contributed by atoms with Crippen LogP contribution in [-0.2, 0) is 11.3 Å². The van der Waals surface area contributed by atoms with Crippen molar-refractivity contribution in [3.05, 3.63) is 72.1 Å². The zero-order chi connectivity index (χ0) is 19.1. The van der Waals surface area contributed by atoms with E-state index in [4.69, 9.17) is 18.9 Å². The highest BCUT2D eigenvalue weighted by molar-refractivity contribution is 5.90. The molecule has 1 aromatic carbocycles. The summed E-state index contributed by atoms with van der Waals surface area (Å²) in [5.74, 6) is 0.661. The van der Waals surface area contributed by atoms with Crippen molar-refractivity contribution in [2.45, 2.75) is 6.61 Å². The van der Waals surface area contributed by atoms with Gasteiger partial charge in [0.2, 0.25) is 11.8 Å². The minimum absolute atomic E-state index is 0.0528. The average molecular weight is 366 g/mol. The number of carbonyl (C=O) groups is 1. The van der Waals surface area contributed by atoms with Gasteiger partial charge in [0.05, 0.1) is 14.2 Å². The second-order valence-electron chi connectivity index (χ2n) is 5.40. The molecular formula is C20H18N2O5. The highest BCUT2D eigenvalue weighted by atomic mass is 16.5. The Labute approximate surface area is 156 Å². The number of benzene rings is 1. The SMILES string of the molecule is COc1cc(OC)nc(Oc2cccnc2C(=O)OCc2ccccc2)c1. The fraction of sp³-hybridized carbons (Fsp3) is 0.150. The first-order chi connectivity index (χ1) is 13.2. The van der Waals surface area contributed by atoms with Crippen molar-refractivity contribution < 1.29 is 23.7 Å². The molecule has 0 atom stereocenters. The van der Waals surface area contributed by atoms with E-state index in [9.17, 15) is 4.79 Å².